The van der Waals surface area contributed by atoms with Gasteiger partial charge in [0.1, 0.15) is 6.61 Å². The van der Waals surface area contributed by atoms with Crippen LogP contribution in [0, 0.1) is 0 Å². The first-order valence-corrected chi connectivity index (χ1v) is 4.19. The van der Waals surface area contributed by atoms with Gasteiger partial charge < -0.3 is 9.84 Å². The predicted molar refractivity (Wildman–Crippen MR) is 44.1 cm³/mol. The summed E-state index contributed by atoms with van der Waals surface area (Å²) in [7, 11) is 0. The Morgan fingerprint density at radius 1 is 1.77 bits per heavy atom. The highest BCUT2D eigenvalue weighted by molar-refractivity contribution is 5.87. The minimum Gasteiger partial charge on any atom is -0.476 e. The average Bonchev–Trinajstić information content (AvgIpc) is 2.60. The molecule has 0 fully saturated rings. The van der Waals surface area contributed by atoms with Crippen LogP contribution in [0.1, 0.15) is 23.0 Å². The molecule has 0 atom stereocenters. The van der Waals surface area contributed by atoms with Gasteiger partial charge >= 0.3 is 5.97 Å². The second-order valence-corrected chi connectivity index (χ2v) is 2.86. The van der Waals surface area contributed by atoms with E-state index in [2.05, 4.69) is 5.10 Å². The van der Waals surface area contributed by atoms with Crippen molar-refractivity contribution in [1.29, 1.82) is 0 Å². The Kier molecular flexibility index (Phi) is 1.72. The molecule has 1 aliphatic rings. The number of nitrogens with zero attached hydrogens (tertiary/aromatic N) is 2. The predicted octanol–water partition coefficient (Wildman–Crippen LogP) is 0.536. The molecule has 0 unspecified atom stereocenters. The maximum atomic E-state index is 10.8. The van der Waals surface area contributed by atoms with Crippen LogP contribution in [0.3, 0.4) is 0 Å². The van der Waals surface area contributed by atoms with Crippen molar-refractivity contribution < 1.29 is 14.6 Å². The Morgan fingerprint density at radius 2 is 2.54 bits per heavy atom. The van der Waals surface area contributed by atoms with Gasteiger partial charge in [0.05, 0.1) is 6.54 Å². The fraction of sp³-hybridized carbons (Fsp3) is 0.500. The monoisotopic (exact) mass is 182 g/mol. The topological polar surface area (TPSA) is 64.3 Å². The molecule has 5 nitrogen and oxygen atoms in total. The molecular weight excluding hydrogens is 172 g/mol. The third kappa shape index (κ3) is 1.07. The molecule has 0 saturated heterocycles. The molecule has 0 bridgehead atoms. The molecule has 0 amide bonds. The summed E-state index contributed by atoms with van der Waals surface area (Å²) in [5.74, 6) is -0.359. The van der Waals surface area contributed by atoms with E-state index in [1.54, 1.807) is 4.68 Å². The number of carboxylic acid groups (broad SMARTS) is 1. The van der Waals surface area contributed by atoms with Gasteiger partial charge in [-0.1, -0.05) is 6.92 Å². The summed E-state index contributed by atoms with van der Waals surface area (Å²) in [6, 6.07) is 0. The lowest BCUT2D eigenvalue weighted by Crippen LogP contribution is -2.05. The van der Waals surface area contributed by atoms with Crippen LogP contribution in [0.2, 0.25) is 0 Å². The molecule has 1 aromatic rings. The van der Waals surface area contributed by atoms with Gasteiger partial charge in [0.25, 0.3) is 0 Å². The van der Waals surface area contributed by atoms with Crippen molar-refractivity contribution >= 4 is 5.97 Å². The summed E-state index contributed by atoms with van der Waals surface area (Å²) in [5.41, 5.74) is 0.821. The van der Waals surface area contributed by atoms with Gasteiger partial charge in [0.2, 0.25) is 5.88 Å². The number of hydrogen-bond donors (Lipinski definition) is 1. The number of aromatic nitrogens is 2. The van der Waals surface area contributed by atoms with E-state index in [0.29, 0.717) is 31.0 Å². The van der Waals surface area contributed by atoms with Gasteiger partial charge in [-0.3, -0.25) is 0 Å². The van der Waals surface area contributed by atoms with Crippen molar-refractivity contribution in [1.82, 2.24) is 9.78 Å². The molecule has 70 valence electrons. The van der Waals surface area contributed by atoms with Gasteiger partial charge in [-0.25, -0.2) is 9.48 Å². The highest BCUT2D eigenvalue weighted by Gasteiger charge is 2.25. The van der Waals surface area contributed by atoms with E-state index in [-0.39, 0.29) is 5.69 Å². The van der Waals surface area contributed by atoms with Crippen molar-refractivity contribution in [3.63, 3.8) is 0 Å². The van der Waals surface area contributed by atoms with Gasteiger partial charge in [0, 0.05) is 5.56 Å². The van der Waals surface area contributed by atoms with Crippen LogP contribution in [0.15, 0.2) is 0 Å². The molecule has 0 aliphatic carbocycles. The highest BCUT2D eigenvalue weighted by atomic mass is 16.5. The first-order chi connectivity index (χ1) is 6.24. The molecule has 2 rings (SSSR count). The largest absolute Gasteiger partial charge is 0.476 e. The van der Waals surface area contributed by atoms with Crippen molar-refractivity contribution in [2.75, 3.05) is 6.61 Å². The van der Waals surface area contributed by atoms with Crippen LogP contribution in [-0.4, -0.2) is 27.5 Å². The zero-order chi connectivity index (χ0) is 9.42. The van der Waals surface area contributed by atoms with E-state index in [1.807, 2.05) is 6.92 Å². The van der Waals surface area contributed by atoms with E-state index in [9.17, 15) is 4.79 Å². The number of rotatable bonds is 2. The average molecular weight is 182 g/mol. The first kappa shape index (κ1) is 8.10. The fourth-order valence-corrected chi connectivity index (χ4v) is 1.52. The maximum Gasteiger partial charge on any atom is 0.356 e. The molecule has 5 heteroatoms. The zero-order valence-corrected chi connectivity index (χ0v) is 7.28. The molecular formula is C8H10N2O3. The van der Waals surface area contributed by atoms with Crippen LogP contribution >= 0.6 is 0 Å². The summed E-state index contributed by atoms with van der Waals surface area (Å²) in [4.78, 5) is 10.8. The second-order valence-electron chi connectivity index (χ2n) is 2.86. The van der Waals surface area contributed by atoms with Crippen molar-refractivity contribution in [2.24, 2.45) is 0 Å². The van der Waals surface area contributed by atoms with Crippen molar-refractivity contribution in [3.05, 3.63) is 11.3 Å². The zero-order valence-electron chi connectivity index (χ0n) is 7.28. The summed E-state index contributed by atoms with van der Waals surface area (Å²) >= 11 is 0. The van der Waals surface area contributed by atoms with Gasteiger partial charge in [-0.15, -0.1) is 0 Å². The molecule has 2 heterocycles. The third-order valence-electron chi connectivity index (χ3n) is 2.10. The molecule has 0 radical (unpaired) electrons. The summed E-state index contributed by atoms with van der Waals surface area (Å²) in [5, 5.41) is 12.8. The number of fused-ring (bicyclic) bond motifs is 1. The van der Waals surface area contributed by atoms with Crippen LogP contribution in [0.25, 0.3) is 0 Å². The minimum atomic E-state index is -0.984. The Morgan fingerprint density at radius 3 is 3.15 bits per heavy atom. The van der Waals surface area contributed by atoms with Gasteiger partial charge in [-0.05, 0) is 6.42 Å². The van der Waals surface area contributed by atoms with Crippen molar-refractivity contribution in [3.8, 4) is 5.88 Å². The Bertz CT molecular complexity index is 357. The van der Waals surface area contributed by atoms with E-state index >= 15 is 0 Å². The van der Waals surface area contributed by atoms with E-state index in [4.69, 9.17) is 9.84 Å². The lowest BCUT2D eigenvalue weighted by molar-refractivity contribution is 0.0688. The number of ether oxygens (including phenoxy) is 1. The number of hydrogen-bond acceptors (Lipinski definition) is 3. The molecule has 0 saturated carbocycles. The Hall–Kier alpha value is -1.52. The van der Waals surface area contributed by atoms with Gasteiger partial charge in [0.15, 0.2) is 5.69 Å². The maximum absolute atomic E-state index is 10.8. The van der Waals surface area contributed by atoms with E-state index in [1.165, 1.54) is 0 Å². The smallest absolute Gasteiger partial charge is 0.356 e. The lowest BCUT2D eigenvalue weighted by Gasteiger charge is -1.97. The molecule has 1 aromatic heterocycles. The molecule has 13 heavy (non-hydrogen) atoms. The molecule has 0 spiro atoms. The van der Waals surface area contributed by atoms with Crippen LogP contribution in [-0.2, 0) is 13.0 Å². The Balaban J connectivity index is 2.53. The van der Waals surface area contributed by atoms with Gasteiger partial charge in [-0.2, -0.15) is 5.10 Å². The first-order valence-electron chi connectivity index (χ1n) is 4.19. The number of aromatic carboxylic acids is 1. The molecule has 1 N–H and O–H groups in total. The minimum absolute atomic E-state index is 0.122. The summed E-state index contributed by atoms with van der Waals surface area (Å²) in [6.45, 7) is 3.14. The SMILES string of the molecule is CCc1c(C(=O)O)nn2c1OCC2. The quantitative estimate of drug-likeness (QED) is 0.724. The van der Waals surface area contributed by atoms with E-state index < -0.39 is 5.97 Å². The second kappa shape index (κ2) is 2.76. The number of carbonyl (C=O) groups is 1. The Labute approximate surface area is 74.9 Å². The van der Waals surface area contributed by atoms with Crippen LogP contribution in [0.4, 0.5) is 0 Å². The van der Waals surface area contributed by atoms with E-state index in [0.717, 1.165) is 0 Å². The van der Waals surface area contributed by atoms with Crippen molar-refractivity contribution in [2.45, 2.75) is 19.9 Å². The molecule has 1 aliphatic heterocycles. The molecule has 0 aromatic carbocycles. The highest BCUT2D eigenvalue weighted by Crippen LogP contribution is 2.26. The van der Waals surface area contributed by atoms with Crippen LogP contribution in [0.5, 0.6) is 5.88 Å². The number of carboxylic acids is 1. The van der Waals surface area contributed by atoms with Crippen LogP contribution < -0.4 is 4.74 Å². The lowest BCUT2D eigenvalue weighted by atomic mass is 10.2. The fourth-order valence-electron chi connectivity index (χ4n) is 1.52. The summed E-state index contributed by atoms with van der Waals surface area (Å²) in [6.07, 6.45) is 0.636. The summed E-state index contributed by atoms with van der Waals surface area (Å²) < 4.78 is 6.90. The normalized spacial score (nSPS) is 13.9. The standard InChI is InChI=1S/C8H10N2O3/c1-2-5-6(8(11)12)9-10-3-4-13-7(5)10/h2-4H2,1H3,(H,11,12). The third-order valence-corrected chi connectivity index (χ3v) is 2.10.